The molecule has 0 radical (unpaired) electrons. The SMILES string of the molecule is Cc1cc(Br)c(Cl)c2c1NC(C)(C)C(=O)C2C. The Bertz CT molecular complexity index is 511. The molecular weight excluding hydrogens is 302 g/mol. The summed E-state index contributed by atoms with van der Waals surface area (Å²) in [6.45, 7) is 7.75. The first kappa shape index (κ1) is 12.9. The van der Waals surface area contributed by atoms with Crippen LogP contribution in [0.3, 0.4) is 0 Å². The third-order valence-corrected chi connectivity index (χ3v) is 4.59. The first-order valence-electron chi connectivity index (χ1n) is 5.56. The predicted octanol–water partition coefficient (Wildman–Crippen LogP) is 4.29. The number of nitrogens with one attached hydrogen (secondary N) is 1. The highest BCUT2D eigenvalue weighted by Crippen LogP contribution is 2.44. The number of hydrogen-bond acceptors (Lipinski definition) is 2. The zero-order valence-corrected chi connectivity index (χ0v) is 12.7. The van der Waals surface area contributed by atoms with Crippen molar-refractivity contribution >= 4 is 39.0 Å². The van der Waals surface area contributed by atoms with Crippen LogP contribution in [-0.4, -0.2) is 11.3 Å². The fourth-order valence-corrected chi connectivity index (χ4v) is 3.27. The van der Waals surface area contributed by atoms with Gasteiger partial charge in [-0.05, 0) is 48.3 Å². The predicted molar refractivity (Wildman–Crippen MR) is 75.0 cm³/mol. The van der Waals surface area contributed by atoms with Crippen molar-refractivity contribution < 1.29 is 4.79 Å². The Morgan fingerprint density at radius 2 is 2.06 bits per heavy atom. The number of carbonyl (C=O) groups is 1. The molecule has 17 heavy (non-hydrogen) atoms. The Morgan fingerprint density at radius 3 is 2.65 bits per heavy atom. The maximum atomic E-state index is 12.2. The number of aryl methyl sites for hydroxylation is 1. The standard InChI is InChI=1S/C13H15BrClNO/c1-6-5-8(14)10(15)9-7(2)12(17)13(3,4)16-11(6)9/h5,7,16H,1-4H3. The van der Waals surface area contributed by atoms with Crippen molar-refractivity contribution in [2.45, 2.75) is 39.2 Å². The van der Waals surface area contributed by atoms with Gasteiger partial charge in [-0.15, -0.1) is 0 Å². The average molecular weight is 317 g/mol. The molecule has 0 fully saturated rings. The summed E-state index contributed by atoms with van der Waals surface area (Å²) in [6, 6.07) is 1.98. The number of benzene rings is 1. The summed E-state index contributed by atoms with van der Waals surface area (Å²) in [5.74, 6) is -0.00523. The molecule has 1 heterocycles. The molecule has 1 aliphatic rings. The van der Waals surface area contributed by atoms with E-state index in [9.17, 15) is 4.79 Å². The summed E-state index contributed by atoms with van der Waals surface area (Å²) < 4.78 is 0.844. The Hall–Kier alpha value is -0.540. The van der Waals surface area contributed by atoms with E-state index >= 15 is 0 Å². The molecule has 1 aliphatic heterocycles. The number of hydrogen-bond donors (Lipinski definition) is 1. The molecule has 0 saturated heterocycles. The van der Waals surface area contributed by atoms with Gasteiger partial charge in [0.1, 0.15) is 0 Å². The van der Waals surface area contributed by atoms with Crippen molar-refractivity contribution in [1.82, 2.24) is 0 Å². The lowest BCUT2D eigenvalue weighted by atomic mass is 9.79. The van der Waals surface area contributed by atoms with Gasteiger partial charge in [-0.3, -0.25) is 4.79 Å². The first-order valence-corrected chi connectivity index (χ1v) is 6.74. The van der Waals surface area contributed by atoms with E-state index in [1.54, 1.807) is 0 Å². The molecule has 1 atom stereocenters. The molecule has 0 amide bonds. The van der Waals surface area contributed by atoms with Gasteiger partial charge in [-0.1, -0.05) is 18.5 Å². The second kappa shape index (κ2) is 3.99. The van der Waals surface area contributed by atoms with Crippen LogP contribution >= 0.6 is 27.5 Å². The third kappa shape index (κ3) is 1.89. The quantitative estimate of drug-likeness (QED) is 0.773. The maximum absolute atomic E-state index is 12.2. The summed E-state index contributed by atoms with van der Waals surface area (Å²) >= 11 is 9.73. The van der Waals surface area contributed by atoms with Crippen molar-refractivity contribution in [3.8, 4) is 0 Å². The highest BCUT2D eigenvalue weighted by molar-refractivity contribution is 9.10. The van der Waals surface area contributed by atoms with Gasteiger partial charge in [0, 0.05) is 21.6 Å². The van der Waals surface area contributed by atoms with E-state index in [-0.39, 0.29) is 11.7 Å². The van der Waals surface area contributed by atoms with Crippen LogP contribution in [0.5, 0.6) is 0 Å². The number of Topliss-reactive ketones (excluding diaryl/α,β-unsaturated/α-hetero) is 1. The third-order valence-electron chi connectivity index (χ3n) is 3.33. The molecule has 1 aromatic carbocycles. The van der Waals surface area contributed by atoms with Crippen molar-refractivity contribution in [3.63, 3.8) is 0 Å². The number of halogens is 2. The van der Waals surface area contributed by atoms with Crippen LogP contribution < -0.4 is 5.32 Å². The van der Waals surface area contributed by atoms with Crippen LogP contribution in [0.25, 0.3) is 0 Å². The van der Waals surface area contributed by atoms with Crippen LogP contribution in [0.1, 0.15) is 37.8 Å². The van der Waals surface area contributed by atoms with Crippen molar-refractivity contribution in [3.05, 3.63) is 26.7 Å². The van der Waals surface area contributed by atoms with Crippen LogP contribution in [0, 0.1) is 6.92 Å². The average Bonchev–Trinajstić information content (AvgIpc) is 2.22. The van der Waals surface area contributed by atoms with Gasteiger partial charge in [0.2, 0.25) is 0 Å². The molecule has 4 heteroatoms. The zero-order valence-electron chi connectivity index (χ0n) is 10.3. The highest BCUT2D eigenvalue weighted by Gasteiger charge is 2.40. The Labute approximate surface area is 115 Å². The summed E-state index contributed by atoms with van der Waals surface area (Å²) in [4.78, 5) is 12.2. The Morgan fingerprint density at radius 1 is 1.47 bits per heavy atom. The molecule has 2 rings (SSSR count). The second-order valence-corrected chi connectivity index (χ2v) is 6.35. The van der Waals surface area contributed by atoms with E-state index in [0.29, 0.717) is 5.02 Å². The van der Waals surface area contributed by atoms with Crippen LogP contribution in [0.15, 0.2) is 10.5 Å². The van der Waals surface area contributed by atoms with Gasteiger partial charge in [-0.2, -0.15) is 0 Å². The minimum absolute atomic E-state index is 0.171. The van der Waals surface area contributed by atoms with E-state index < -0.39 is 5.54 Å². The van der Waals surface area contributed by atoms with Gasteiger partial charge in [0.05, 0.1) is 10.6 Å². The lowest BCUT2D eigenvalue weighted by Gasteiger charge is -2.37. The zero-order chi connectivity index (χ0) is 13.0. The number of ketones is 1. The van der Waals surface area contributed by atoms with E-state index in [4.69, 9.17) is 11.6 Å². The number of anilines is 1. The minimum Gasteiger partial charge on any atom is -0.373 e. The molecule has 2 nitrogen and oxygen atoms in total. The summed E-state index contributed by atoms with van der Waals surface area (Å²) in [5.41, 5.74) is 2.47. The van der Waals surface area contributed by atoms with E-state index in [1.165, 1.54) is 0 Å². The normalized spacial score (nSPS) is 22.0. The van der Waals surface area contributed by atoms with E-state index in [2.05, 4.69) is 21.2 Å². The smallest absolute Gasteiger partial charge is 0.164 e. The molecule has 0 saturated carbocycles. The fraction of sp³-hybridized carbons (Fsp3) is 0.462. The van der Waals surface area contributed by atoms with Crippen LogP contribution in [0.2, 0.25) is 5.02 Å². The molecule has 0 aromatic heterocycles. The topological polar surface area (TPSA) is 29.1 Å². The minimum atomic E-state index is -0.533. The van der Waals surface area contributed by atoms with Gasteiger partial charge in [0.15, 0.2) is 5.78 Å². The van der Waals surface area contributed by atoms with Crippen molar-refractivity contribution in [1.29, 1.82) is 0 Å². The van der Waals surface area contributed by atoms with E-state index in [0.717, 1.165) is 21.3 Å². The summed E-state index contributed by atoms with van der Waals surface area (Å²) in [5, 5.41) is 3.93. The highest BCUT2D eigenvalue weighted by atomic mass is 79.9. The number of carbonyl (C=O) groups excluding carboxylic acids is 1. The lowest BCUT2D eigenvalue weighted by molar-refractivity contribution is -0.123. The molecule has 0 spiro atoms. The van der Waals surface area contributed by atoms with Crippen molar-refractivity contribution in [2.75, 3.05) is 5.32 Å². The van der Waals surface area contributed by atoms with Crippen molar-refractivity contribution in [2.24, 2.45) is 0 Å². The lowest BCUT2D eigenvalue weighted by Crippen LogP contribution is -2.46. The number of rotatable bonds is 0. The van der Waals surface area contributed by atoms with E-state index in [1.807, 2.05) is 33.8 Å². The molecule has 1 unspecified atom stereocenters. The van der Waals surface area contributed by atoms with Gasteiger partial charge in [0.25, 0.3) is 0 Å². The van der Waals surface area contributed by atoms with Crippen LogP contribution in [-0.2, 0) is 4.79 Å². The summed E-state index contributed by atoms with van der Waals surface area (Å²) in [7, 11) is 0. The van der Waals surface area contributed by atoms with Gasteiger partial charge < -0.3 is 5.32 Å². The summed E-state index contributed by atoms with van der Waals surface area (Å²) in [6.07, 6.45) is 0. The largest absolute Gasteiger partial charge is 0.373 e. The molecule has 1 N–H and O–H groups in total. The molecule has 0 aliphatic carbocycles. The van der Waals surface area contributed by atoms with Gasteiger partial charge >= 0.3 is 0 Å². The fourth-order valence-electron chi connectivity index (χ4n) is 2.40. The Kier molecular flexibility index (Phi) is 3.03. The first-order chi connectivity index (χ1) is 7.75. The maximum Gasteiger partial charge on any atom is 0.164 e. The molecule has 92 valence electrons. The van der Waals surface area contributed by atoms with Crippen LogP contribution in [0.4, 0.5) is 5.69 Å². The Balaban J connectivity index is 2.73. The number of fused-ring (bicyclic) bond motifs is 1. The van der Waals surface area contributed by atoms with Gasteiger partial charge in [-0.25, -0.2) is 0 Å². The second-order valence-electron chi connectivity index (χ2n) is 5.11. The molecule has 1 aromatic rings. The molecular formula is C13H15BrClNO. The monoisotopic (exact) mass is 315 g/mol. The molecule has 0 bridgehead atoms.